The van der Waals surface area contributed by atoms with E-state index in [1.807, 2.05) is 19.1 Å². The molecule has 1 heterocycles. The maximum absolute atomic E-state index is 11.8. The van der Waals surface area contributed by atoms with Crippen molar-refractivity contribution in [3.8, 4) is 17.0 Å². The molecule has 1 aromatic carbocycles. The SMILES string of the molecule is CCOc1cc(-c2ccc(CC(C)NC(=O)C3CC3)cc2)ccn1. The number of carbonyl (C=O) groups is 1. The van der Waals surface area contributed by atoms with Crippen molar-refractivity contribution in [2.75, 3.05) is 6.61 Å². The van der Waals surface area contributed by atoms with Crippen LogP contribution in [0, 0.1) is 5.92 Å². The zero-order valence-corrected chi connectivity index (χ0v) is 14.3. The third-order valence-electron chi connectivity index (χ3n) is 4.19. The number of hydrogen-bond donors (Lipinski definition) is 1. The van der Waals surface area contributed by atoms with Crippen LogP contribution in [0.15, 0.2) is 42.6 Å². The fourth-order valence-electron chi connectivity index (χ4n) is 2.76. The van der Waals surface area contributed by atoms with Crippen LogP contribution in [-0.2, 0) is 11.2 Å². The Morgan fingerprint density at radius 3 is 2.67 bits per heavy atom. The van der Waals surface area contributed by atoms with E-state index in [0.717, 1.165) is 30.4 Å². The van der Waals surface area contributed by atoms with Crippen LogP contribution < -0.4 is 10.1 Å². The monoisotopic (exact) mass is 324 g/mol. The minimum Gasteiger partial charge on any atom is -0.478 e. The Morgan fingerprint density at radius 2 is 2.00 bits per heavy atom. The molecule has 3 rings (SSSR count). The summed E-state index contributed by atoms with van der Waals surface area (Å²) in [7, 11) is 0. The van der Waals surface area contributed by atoms with E-state index in [0.29, 0.717) is 12.5 Å². The number of nitrogens with one attached hydrogen (secondary N) is 1. The van der Waals surface area contributed by atoms with Gasteiger partial charge in [0.15, 0.2) is 0 Å². The first-order valence-corrected chi connectivity index (χ1v) is 8.64. The quantitative estimate of drug-likeness (QED) is 0.846. The van der Waals surface area contributed by atoms with E-state index >= 15 is 0 Å². The average Bonchev–Trinajstić information content (AvgIpc) is 3.41. The number of rotatable bonds is 7. The Labute approximate surface area is 143 Å². The smallest absolute Gasteiger partial charge is 0.223 e. The van der Waals surface area contributed by atoms with Gasteiger partial charge in [-0.3, -0.25) is 4.79 Å². The molecule has 1 amide bonds. The zero-order valence-electron chi connectivity index (χ0n) is 14.3. The third kappa shape index (κ3) is 4.34. The normalized spacial score (nSPS) is 14.9. The van der Waals surface area contributed by atoms with Crippen molar-refractivity contribution in [1.29, 1.82) is 0 Å². The maximum atomic E-state index is 11.8. The van der Waals surface area contributed by atoms with E-state index in [-0.39, 0.29) is 17.9 Å². The molecule has 1 aromatic heterocycles. The van der Waals surface area contributed by atoms with Crippen LogP contribution in [0.4, 0.5) is 0 Å². The number of ether oxygens (including phenoxy) is 1. The number of aromatic nitrogens is 1. The van der Waals surface area contributed by atoms with Crippen LogP contribution in [-0.4, -0.2) is 23.5 Å². The molecule has 0 spiro atoms. The highest BCUT2D eigenvalue weighted by molar-refractivity contribution is 5.81. The summed E-state index contributed by atoms with van der Waals surface area (Å²) in [6.07, 6.45) is 4.70. The second kappa shape index (κ2) is 7.47. The molecule has 1 aliphatic rings. The van der Waals surface area contributed by atoms with E-state index in [1.165, 1.54) is 5.56 Å². The van der Waals surface area contributed by atoms with Crippen molar-refractivity contribution in [1.82, 2.24) is 10.3 Å². The average molecular weight is 324 g/mol. The Hall–Kier alpha value is -2.36. The van der Waals surface area contributed by atoms with E-state index in [4.69, 9.17) is 4.74 Å². The Kier molecular flexibility index (Phi) is 5.14. The van der Waals surface area contributed by atoms with Gasteiger partial charge < -0.3 is 10.1 Å². The van der Waals surface area contributed by atoms with Gasteiger partial charge >= 0.3 is 0 Å². The van der Waals surface area contributed by atoms with Gasteiger partial charge in [0.1, 0.15) is 0 Å². The molecular formula is C20H24N2O2. The fourth-order valence-corrected chi connectivity index (χ4v) is 2.76. The lowest BCUT2D eigenvalue weighted by Crippen LogP contribution is -2.35. The summed E-state index contributed by atoms with van der Waals surface area (Å²) in [5.74, 6) is 1.12. The number of pyridine rings is 1. The van der Waals surface area contributed by atoms with E-state index < -0.39 is 0 Å². The summed E-state index contributed by atoms with van der Waals surface area (Å²) >= 11 is 0. The summed E-state index contributed by atoms with van der Waals surface area (Å²) < 4.78 is 5.45. The van der Waals surface area contributed by atoms with Crippen molar-refractivity contribution in [3.05, 3.63) is 48.2 Å². The van der Waals surface area contributed by atoms with Crippen molar-refractivity contribution >= 4 is 5.91 Å². The standard InChI is InChI=1S/C20H24N2O2/c1-3-24-19-13-18(10-11-21-19)16-6-4-15(5-7-16)12-14(2)22-20(23)17-8-9-17/h4-7,10-11,13-14,17H,3,8-9,12H2,1-2H3,(H,22,23). The highest BCUT2D eigenvalue weighted by atomic mass is 16.5. The number of carbonyl (C=O) groups excluding carboxylic acids is 1. The first kappa shape index (κ1) is 16.5. The molecule has 2 aromatic rings. The first-order chi connectivity index (χ1) is 11.7. The van der Waals surface area contributed by atoms with Gasteiger partial charge in [0.2, 0.25) is 11.8 Å². The molecule has 0 aliphatic heterocycles. The maximum Gasteiger partial charge on any atom is 0.223 e. The Bertz CT molecular complexity index is 693. The summed E-state index contributed by atoms with van der Waals surface area (Å²) in [6, 6.07) is 12.6. The van der Waals surface area contributed by atoms with Gasteiger partial charge in [-0.1, -0.05) is 24.3 Å². The molecule has 1 N–H and O–H groups in total. The molecule has 0 radical (unpaired) electrons. The number of nitrogens with zero attached hydrogens (tertiary/aromatic N) is 1. The Balaban J connectivity index is 1.62. The van der Waals surface area contributed by atoms with Crippen molar-refractivity contribution < 1.29 is 9.53 Å². The number of benzene rings is 1. The van der Waals surface area contributed by atoms with Crippen molar-refractivity contribution in [3.63, 3.8) is 0 Å². The van der Waals surface area contributed by atoms with Gasteiger partial charge in [-0.15, -0.1) is 0 Å². The highest BCUT2D eigenvalue weighted by Gasteiger charge is 2.30. The van der Waals surface area contributed by atoms with Crippen LogP contribution >= 0.6 is 0 Å². The summed E-state index contributed by atoms with van der Waals surface area (Å²) in [6.45, 7) is 4.62. The molecule has 4 heteroatoms. The van der Waals surface area contributed by atoms with Crippen LogP contribution in [0.25, 0.3) is 11.1 Å². The lowest BCUT2D eigenvalue weighted by Gasteiger charge is -2.14. The molecule has 1 aliphatic carbocycles. The zero-order chi connectivity index (χ0) is 16.9. The predicted octanol–water partition coefficient (Wildman–Crippen LogP) is 3.60. The molecule has 1 unspecified atom stereocenters. The minimum atomic E-state index is 0.162. The van der Waals surface area contributed by atoms with Gasteiger partial charge in [-0.05, 0) is 55.9 Å². The minimum absolute atomic E-state index is 0.162. The van der Waals surface area contributed by atoms with E-state index in [9.17, 15) is 4.79 Å². The van der Waals surface area contributed by atoms with Crippen molar-refractivity contribution in [2.24, 2.45) is 5.92 Å². The number of hydrogen-bond acceptors (Lipinski definition) is 3. The molecule has 1 saturated carbocycles. The van der Waals surface area contributed by atoms with Gasteiger partial charge in [-0.25, -0.2) is 4.98 Å². The number of amides is 1. The highest BCUT2D eigenvalue weighted by Crippen LogP contribution is 2.29. The molecule has 0 saturated heterocycles. The second-order valence-corrected chi connectivity index (χ2v) is 6.40. The predicted molar refractivity (Wildman–Crippen MR) is 94.9 cm³/mol. The van der Waals surface area contributed by atoms with Crippen LogP contribution in [0.3, 0.4) is 0 Å². The van der Waals surface area contributed by atoms with Gasteiger partial charge in [0, 0.05) is 24.2 Å². The van der Waals surface area contributed by atoms with E-state index in [2.05, 4.69) is 41.5 Å². The van der Waals surface area contributed by atoms with Crippen LogP contribution in [0.1, 0.15) is 32.3 Å². The molecule has 4 nitrogen and oxygen atoms in total. The summed E-state index contributed by atoms with van der Waals surface area (Å²) in [4.78, 5) is 16.0. The molecule has 1 fully saturated rings. The van der Waals surface area contributed by atoms with Crippen LogP contribution in [0.5, 0.6) is 5.88 Å². The third-order valence-corrected chi connectivity index (χ3v) is 4.19. The molecule has 126 valence electrons. The molecular weight excluding hydrogens is 300 g/mol. The summed E-state index contributed by atoms with van der Waals surface area (Å²) in [5, 5.41) is 3.09. The fraction of sp³-hybridized carbons (Fsp3) is 0.400. The van der Waals surface area contributed by atoms with E-state index in [1.54, 1.807) is 6.20 Å². The molecule has 0 bridgehead atoms. The first-order valence-electron chi connectivity index (χ1n) is 8.64. The topological polar surface area (TPSA) is 51.2 Å². The Morgan fingerprint density at radius 1 is 1.25 bits per heavy atom. The lowest BCUT2D eigenvalue weighted by atomic mass is 10.0. The lowest BCUT2D eigenvalue weighted by molar-refractivity contribution is -0.122. The van der Waals surface area contributed by atoms with Crippen LogP contribution in [0.2, 0.25) is 0 Å². The second-order valence-electron chi connectivity index (χ2n) is 6.40. The summed E-state index contributed by atoms with van der Waals surface area (Å²) in [5.41, 5.74) is 3.45. The van der Waals surface area contributed by atoms with Gasteiger partial charge in [0.25, 0.3) is 0 Å². The van der Waals surface area contributed by atoms with Gasteiger partial charge in [0.05, 0.1) is 6.61 Å². The molecule has 24 heavy (non-hydrogen) atoms. The van der Waals surface area contributed by atoms with Crippen molar-refractivity contribution in [2.45, 2.75) is 39.2 Å². The largest absolute Gasteiger partial charge is 0.478 e. The van der Waals surface area contributed by atoms with Gasteiger partial charge in [-0.2, -0.15) is 0 Å². The molecule has 1 atom stereocenters.